The van der Waals surface area contributed by atoms with Crippen molar-refractivity contribution >= 4 is 134 Å². The Balaban J connectivity index is 1.10. The summed E-state index contributed by atoms with van der Waals surface area (Å²) < 4.78 is 59.2. The molecule has 374 valence electrons. The first kappa shape index (κ1) is 40.6. The molecule has 0 aliphatic rings. The first-order valence-corrected chi connectivity index (χ1v) is 28.2. The third kappa shape index (κ3) is 6.45. The summed E-state index contributed by atoms with van der Waals surface area (Å²) in [4.78, 5) is 4.62. The van der Waals surface area contributed by atoms with E-state index in [-0.39, 0.29) is 17.6 Å². The van der Waals surface area contributed by atoms with Crippen LogP contribution in [0.1, 0.15) is 12.4 Å². The zero-order valence-electron chi connectivity index (χ0n) is 47.7. The first-order chi connectivity index (χ1) is 42.2. The SMILES string of the molecule is [2H]c1c([2H])c([2H])c(-c2cccc3sc4c(ccc5c6ccc7c8ccccc8sc7c6n(-c6c(C#N)c(-c7ccccc7)c([N+]#[C-])c(-n7c8ccccc8c8c(-c9ccc%10oc%11ccccc%11c%10c9)cccc87)c6-c6ccccc6)c54)c23)c([2H])c1[2H]. The quantitative estimate of drug-likeness (QED) is 0.156. The molecule has 17 aromatic rings. The van der Waals surface area contributed by atoms with Gasteiger partial charge in [-0.1, -0.05) is 200 Å². The van der Waals surface area contributed by atoms with Gasteiger partial charge < -0.3 is 13.6 Å². The number of nitrogens with zero attached hydrogens (tertiary/aromatic N) is 4. The van der Waals surface area contributed by atoms with Gasteiger partial charge in [0.05, 0.1) is 61.8 Å². The molecule has 5 aromatic heterocycles. The number of thiophene rings is 2. The van der Waals surface area contributed by atoms with Crippen molar-refractivity contribution in [2.75, 3.05) is 0 Å². The number of para-hydroxylation sites is 2. The number of nitriles is 1. The standard InChI is InChI=1S/C74H40N4OS2/c1-76-68-64(44-21-7-3-8-22-44)57(42-75)69(78-70-51(36-38-53-50-26-13-16-33-62(50)80-73(53)70)52-37-39-55-67-47(43-19-5-2-6-20-43)29-18-34-63(67)81-74(55)71(52)78)65(45-23-9-4-10-24-45)72(68)77-58-30-14-11-27-54(58)66-48(28-17-31-59(66)77)46-35-40-61-56(41-46)49-25-12-15-32-60(49)79-61/h2-41H/i2D,5D,6D,19D,20D. The monoisotopic (exact) mass is 1070 g/mol. The average Bonchev–Trinajstić information content (AvgIpc) is 1.59. The van der Waals surface area contributed by atoms with Crippen molar-refractivity contribution in [3.05, 3.63) is 260 Å². The second-order valence-electron chi connectivity index (χ2n) is 20.4. The molecule has 0 amide bonds. The molecule has 0 atom stereocenters. The molecule has 0 saturated carbocycles. The minimum atomic E-state index is -0.451. The van der Waals surface area contributed by atoms with Crippen LogP contribution in [0.3, 0.4) is 0 Å². The minimum Gasteiger partial charge on any atom is -0.456 e. The van der Waals surface area contributed by atoms with E-state index in [0.29, 0.717) is 44.9 Å². The van der Waals surface area contributed by atoms with E-state index in [1.54, 1.807) is 22.7 Å². The van der Waals surface area contributed by atoms with Crippen molar-refractivity contribution in [3.63, 3.8) is 0 Å². The first-order valence-electron chi connectivity index (χ1n) is 29.1. The van der Waals surface area contributed by atoms with Crippen molar-refractivity contribution < 1.29 is 11.3 Å². The minimum absolute atomic E-state index is 0.129. The molecular weight excluding hydrogens is 1020 g/mol. The van der Waals surface area contributed by atoms with Gasteiger partial charge in [0.15, 0.2) is 0 Å². The molecule has 0 aliphatic heterocycles. The normalized spacial score (nSPS) is 12.8. The summed E-state index contributed by atoms with van der Waals surface area (Å²) >= 11 is 3.28. The van der Waals surface area contributed by atoms with E-state index in [1.165, 1.54) is 0 Å². The predicted octanol–water partition coefficient (Wildman–Crippen LogP) is 21.6. The molecule has 5 nitrogen and oxygen atoms in total. The van der Waals surface area contributed by atoms with E-state index in [4.69, 9.17) is 8.53 Å². The van der Waals surface area contributed by atoms with E-state index in [9.17, 15) is 14.6 Å². The lowest BCUT2D eigenvalue weighted by Crippen LogP contribution is -2.09. The highest BCUT2D eigenvalue weighted by Gasteiger charge is 2.33. The van der Waals surface area contributed by atoms with Crippen LogP contribution in [0.15, 0.2) is 247 Å². The van der Waals surface area contributed by atoms with Crippen LogP contribution in [0.2, 0.25) is 0 Å². The summed E-state index contributed by atoms with van der Waals surface area (Å²) in [6, 6.07) is 73.2. The van der Waals surface area contributed by atoms with E-state index in [0.717, 1.165) is 123 Å². The number of rotatable bonds is 6. The van der Waals surface area contributed by atoms with Crippen molar-refractivity contribution in [1.82, 2.24) is 9.13 Å². The number of hydrogen-bond acceptors (Lipinski definition) is 4. The Kier molecular flexibility index (Phi) is 8.77. The molecule has 7 heteroatoms. The summed E-state index contributed by atoms with van der Waals surface area (Å²) in [6.45, 7) is 9.56. The highest BCUT2D eigenvalue weighted by Crippen LogP contribution is 2.55. The largest absolute Gasteiger partial charge is 0.456 e. The van der Waals surface area contributed by atoms with Gasteiger partial charge in [-0.3, -0.25) is 0 Å². The summed E-state index contributed by atoms with van der Waals surface area (Å²) in [5, 5.41) is 22.1. The fraction of sp³-hybridized carbons (Fsp3) is 0. The lowest BCUT2D eigenvalue weighted by atomic mass is 9.88. The molecule has 0 aliphatic carbocycles. The molecule has 0 spiro atoms. The van der Waals surface area contributed by atoms with Crippen molar-refractivity contribution in [2.24, 2.45) is 0 Å². The van der Waals surface area contributed by atoms with Gasteiger partial charge in [0.2, 0.25) is 5.69 Å². The number of benzene rings is 12. The summed E-state index contributed by atoms with van der Waals surface area (Å²) in [5.74, 6) is 0. The van der Waals surface area contributed by atoms with E-state index >= 15 is 0 Å². The molecule has 5 heterocycles. The lowest BCUT2D eigenvalue weighted by molar-refractivity contribution is 0.669. The fourth-order valence-electron chi connectivity index (χ4n) is 13.0. The second-order valence-corrected chi connectivity index (χ2v) is 22.5. The van der Waals surface area contributed by atoms with Gasteiger partial charge in [0.1, 0.15) is 17.2 Å². The number of furan rings is 1. The fourth-order valence-corrected chi connectivity index (χ4v) is 15.5. The predicted molar refractivity (Wildman–Crippen MR) is 341 cm³/mol. The summed E-state index contributed by atoms with van der Waals surface area (Å²) in [6.07, 6.45) is 0. The van der Waals surface area contributed by atoms with Gasteiger partial charge in [0, 0.05) is 74.4 Å². The Morgan fingerprint density at radius 2 is 1.04 bits per heavy atom. The topological polar surface area (TPSA) is 51.1 Å². The van der Waals surface area contributed by atoms with Gasteiger partial charge in [-0.15, -0.1) is 22.7 Å². The smallest absolute Gasteiger partial charge is 0.220 e. The Hall–Kier alpha value is -10.5. The molecule has 0 unspecified atom stereocenters. The Morgan fingerprint density at radius 3 is 1.80 bits per heavy atom. The van der Waals surface area contributed by atoms with Gasteiger partial charge in [-0.2, -0.15) is 5.26 Å². The van der Waals surface area contributed by atoms with Crippen LogP contribution < -0.4 is 0 Å². The molecule has 81 heavy (non-hydrogen) atoms. The number of hydrogen-bond donors (Lipinski definition) is 0. The lowest BCUT2D eigenvalue weighted by Gasteiger charge is -2.26. The van der Waals surface area contributed by atoms with Crippen LogP contribution in [-0.4, -0.2) is 9.13 Å². The highest BCUT2D eigenvalue weighted by molar-refractivity contribution is 7.27. The summed E-state index contributed by atoms with van der Waals surface area (Å²) in [5.41, 5.74) is 12.3. The van der Waals surface area contributed by atoms with E-state index in [2.05, 4.69) is 141 Å². The molecule has 0 fully saturated rings. The van der Waals surface area contributed by atoms with Crippen molar-refractivity contribution in [2.45, 2.75) is 0 Å². The van der Waals surface area contributed by atoms with Crippen LogP contribution in [-0.2, 0) is 0 Å². The molecule has 12 aromatic carbocycles. The Labute approximate surface area is 478 Å². The van der Waals surface area contributed by atoms with Crippen LogP contribution in [0.4, 0.5) is 5.69 Å². The van der Waals surface area contributed by atoms with Gasteiger partial charge in [-0.25, -0.2) is 4.85 Å². The second kappa shape index (κ2) is 17.5. The highest BCUT2D eigenvalue weighted by atomic mass is 32.1. The Morgan fingerprint density at radius 1 is 0.444 bits per heavy atom. The molecule has 0 bridgehead atoms. The van der Waals surface area contributed by atoms with Gasteiger partial charge >= 0.3 is 0 Å². The van der Waals surface area contributed by atoms with Crippen LogP contribution >= 0.6 is 22.7 Å². The molecule has 0 radical (unpaired) electrons. The van der Waals surface area contributed by atoms with Gasteiger partial charge in [0.25, 0.3) is 0 Å². The van der Waals surface area contributed by atoms with Crippen LogP contribution in [0.25, 0.3) is 167 Å². The van der Waals surface area contributed by atoms with Crippen LogP contribution in [0, 0.1) is 17.9 Å². The zero-order chi connectivity index (χ0) is 57.8. The number of fused-ring (bicyclic) bond motifs is 17. The maximum absolute atomic E-state index is 12.4. The van der Waals surface area contributed by atoms with Gasteiger partial charge in [-0.05, 0) is 75.8 Å². The number of aromatic nitrogens is 2. The summed E-state index contributed by atoms with van der Waals surface area (Å²) in [7, 11) is 0. The maximum Gasteiger partial charge on any atom is 0.220 e. The average molecular weight is 1070 g/mol. The van der Waals surface area contributed by atoms with E-state index in [1.807, 2.05) is 91.0 Å². The third-order valence-electron chi connectivity index (χ3n) is 16.3. The Bertz CT molecular complexity index is 5910. The molecule has 17 rings (SSSR count). The van der Waals surface area contributed by atoms with Crippen LogP contribution in [0.5, 0.6) is 0 Å². The maximum atomic E-state index is 12.4. The van der Waals surface area contributed by atoms with Crippen molar-refractivity contribution in [3.8, 4) is 62.0 Å². The molecule has 0 N–H and O–H groups in total. The third-order valence-corrected chi connectivity index (χ3v) is 18.6. The van der Waals surface area contributed by atoms with E-state index < -0.39 is 18.1 Å². The zero-order valence-corrected chi connectivity index (χ0v) is 44.4. The van der Waals surface area contributed by atoms with Crippen molar-refractivity contribution in [1.29, 1.82) is 5.26 Å². The molecular formula is C74H40N4OS2. The molecule has 0 saturated heterocycles.